The fourth-order valence-corrected chi connectivity index (χ4v) is 3.02. The molecule has 1 heterocycles. The number of nitrogens with one attached hydrogen (secondary N) is 1. The number of rotatable bonds is 3. The quantitative estimate of drug-likeness (QED) is 0.857. The molecule has 0 aromatic heterocycles. The molecule has 0 bridgehead atoms. The van der Waals surface area contributed by atoms with Gasteiger partial charge in [-0.1, -0.05) is 13.0 Å². The Morgan fingerprint density at radius 1 is 1.58 bits per heavy atom. The molecule has 0 aliphatic carbocycles. The Morgan fingerprint density at radius 3 is 3.00 bits per heavy atom. The van der Waals surface area contributed by atoms with Gasteiger partial charge in [-0.05, 0) is 24.8 Å². The molecule has 1 aliphatic heterocycles. The lowest BCUT2D eigenvalue weighted by Gasteiger charge is -2.37. The molecule has 5 heteroatoms. The third kappa shape index (κ3) is 2.54. The zero-order chi connectivity index (χ0) is 13.8. The van der Waals surface area contributed by atoms with Crippen molar-refractivity contribution in [2.75, 3.05) is 24.2 Å². The number of benzene rings is 1. The third-order valence-corrected chi connectivity index (χ3v) is 4.14. The number of amides is 1. The van der Waals surface area contributed by atoms with Crippen molar-refractivity contribution in [1.29, 1.82) is 5.26 Å². The van der Waals surface area contributed by atoms with Crippen LogP contribution in [0, 0.1) is 11.3 Å². The van der Waals surface area contributed by atoms with Crippen LogP contribution in [0.5, 0.6) is 0 Å². The summed E-state index contributed by atoms with van der Waals surface area (Å²) in [5, 5.41) is 12.3. The molecule has 1 aromatic rings. The number of nitrogens with zero attached hydrogens (tertiary/aromatic N) is 2. The van der Waals surface area contributed by atoms with Gasteiger partial charge in [-0.15, -0.1) is 11.8 Å². The van der Waals surface area contributed by atoms with E-state index in [2.05, 4.69) is 16.3 Å². The average Bonchev–Trinajstić information content (AvgIpc) is 2.45. The largest absolute Gasteiger partial charge is 0.357 e. The van der Waals surface area contributed by atoms with Crippen LogP contribution in [0.1, 0.15) is 18.9 Å². The van der Waals surface area contributed by atoms with Crippen LogP contribution in [-0.2, 0) is 4.79 Å². The van der Waals surface area contributed by atoms with E-state index < -0.39 is 0 Å². The van der Waals surface area contributed by atoms with Crippen molar-refractivity contribution in [3.8, 4) is 6.07 Å². The minimum absolute atomic E-state index is 0.0483. The maximum absolute atomic E-state index is 11.9. The Hall–Kier alpha value is -1.67. The summed E-state index contributed by atoms with van der Waals surface area (Å²) in [5.41, 5.74) is 1.54. The molecule has 1 saturated heterocycles. The van der Waals surface area contributed by atoms with Crippen LogP contribution in [0.4, 0.5) is 5.69 Å². The number of thioether (sulfide) groups is 1. The summed E-state index contributed by atoms with van der Waals surface area (Å²) in [6.45, 7) is 3.37. The van der Waals surface area contributed by atoms with Crippen molar-refractivity contribution in [3.05, 3.63) is 23.8 Å². The lowest BCUT2D eigenvalue weighted by molar-refractivity contribution is -0.123. The molecular formula is C14H17N3OS. The molecule has 1 aromatic carbocycles. The van der Waals surface area contributed by atoms with Crippen LogP contribution in [0.25, 0.3) is 0 Å². The average molecular weight is 275 g/mol. The van der Waals surface area contributed by atoms with Gasteiger partial charge >= 0.3 is 0 Å². The smallest absolute Gasteiger partial charge is 0.242 e. The Morgan fingerprint density at radius 2 is 2.37 bits per heavy atom. The molecule has 1 aliphatic rings. The number of hydrogen-bond acceptors (Lipinski definition) is 4. The van der Waals surface area contributed by atoms with Gasteiger partial charge in [0.15, 0.2) is 0 Å². The molecule has 0 saturated carbocycles. The molecule has 1 fully saturated rings. The van der Waals surface area contributed by atoms with Gasteiger partial charge in [-0.3, -0.25) is 4.79 Å². The highest BCUT2D eigenvalue weighted by atomic mass is 32.2. The fraction of sp³-hybridized carbons (Fsp3) is 0.429. The van der Waals surface area contributed by atoms with E-state index in [0.29, 0.717) is 12.1 Å². The fourth-order valence-electron chi connectivity index (χ4n) is 2.45. The number of hydrogen-bond donors (Lipinski definition) is 1. The van der Waals surface area contributed by atoms with E-state index in [1.165, 1.54) is 0 Å². The number of nitriles is 1. The van der Waals surface area contributed by atoms with Crippen molar-refractivity contribution in [1.82, 2.24) is 5.32 Å². The number of anilines is 1. The first-order chi connectivity index (χ1) is 9.22. The lowest BCUT2D eigenvalue weighted by Crippen LogP contribution is -2.55. The molecule has 0 spiro atoms. The molecular weight excluding hydrogens is 258 g/mol. The minimum Gasteiger partial charge on any atom is -0.357 e. The molecule has 4 nitrogen and oxygen atoms in total. The second-order valence-corrected chi connectivity index (χ2v) is 5.22. The summed E-state index contributed by atoms with van der Waals surface area (Å²) in [5.74, 6) is 0.0483. The van der Waals surface area contributed by atoms with Gasteiger partial charge in [0.25, 0.3) is 0 Å². The predicted molar refractivity (Wildman–Crippen MR) is 77.4 cm³/mol. The van der Waals surface area contributed by atoms with Crippen molar-refractivity contribution < 1.29 is 4.79 Å². The highest BCUT2D eigenvalue weighted by Crippen LogP contribution is 2.31. The molecule has 1 N–H and O–H groups in total. The van der Waals surface area contributed by atoms with Gasteiger partial charge < -0.3 is 10.2 Å². The van der Waals surface area contributed by atoms with Crippen molar-refractivity contribution in [2.45, 2.75) is 24.3 Å². The molecule has 100 valence electrons. The summed E-state index contributed by atoms with van der Waals surface area (Å²) in [6, 6.07) is 7.91. The van der Waals surface area contributed by atoms with Crippen molar-refractivity contribution in [3.63, 3.8) is 0 Å². The Labute approximate surface area is 117 Å². The van der Waals surface area contributed by atoms with E-state index >= 15 is 0 Å². The summed E-state index contributed by atoms with van der Waals surface area (Å²) in [6.07, 6.45) is 2.69. The predicted octanol–water partition coefficient (Wildman–Crippen LogP) is 1.99. The van der Waals surface area contributed by atoms with Gasteiger partial charge in [0, 0.05) is 18.0 Å². The Balaban J connectivity index is 2.46. The Kier molecular flexibility index (Phi) is 4.33. The van der Waals surface area contributed by atoms with E-state index in [1.807, 2.05) is 31.4 Å². The molecule has 2 rings (SSSR count). The highest BCUT2D eigenvalue weighted by molar-refractivity contribution is 7.98. The van der Waals surface area contributed by atoms with E-state index in [4.69, 9.17) is 0 Å². The zero-order valence-electron chi connectivity index (χ0n) is 11.1. The van der Waals surface area contributed by atoms with Gasteiger partial charge in [0.2, 0.25) is 5.91 Å². The zero-order valence-corrected chi connectivity index (χ0v) is 12.0. The second kappa shape index (κ2) is 5.98. The van der Waals surface area contributed by atoms with Crippen molar-refractivity contribution in [2.24, 2.45) is 0 Å². The molecule has 0 radical (unpaired) electrons. The van der Waals surface area contributed by atoms with Gasteiger partial charge in [0.05, 0.1) is 11.3 Å². The van der Waals surface area contributed by atoms with Crippen LogP contribution >= 0.6 is 11.8 Å². The standard InChI is InChI=1S/C14H17N3OS/c1-3-11-14(18)16-7-8-17(11)12-5-4-6-13(19-2)10(12)9-15/h4-6,11H,3,7-8H2,1-2H3,(H,16,18). The second-order valence-electron chi connectivity index (χ2n) is 4.37. The molecule has 1 unspecified atom stereocenters. The monoisotopic (exact) mass is 275 g/mol. The molecule has 19 heavy (non-hydrogen) atoms. The first-order valence-corrected chi connectivity index (χ1v) is 7.56. The van der Waals surface area contributed by atoms with Crippen LogP contribution in [-0.4, -0.2) is 31.3 Å². The SMILES string of the molecule is CCC1C(=O)NCCN1c1cccc(SC)c1C#N. The summed E-state index contributed by atoms with van der Waals surface area (Å²) in [4.78, 5) is 14.9. The summed E-state index contributed by atoms with van der Waals surface area (Å²) >= 11 is 1.56. The van der Waals surface area contributed by atoms with Gasteiger partial charge in [-0.25, -0.2) is 0 Å². The van der Waals surface area contributed by atoms with Crippen LogP contribution in [0.3, 0.4) is 0 Å². The van der Waals surface area contributed by atoms with E-state index in [1.54, 1.807) is 11.8 Å². The number of carbonyl (C=O) groups is 1. The minimum atomic E-state index is -0.182. The first-order valence-electron chi connectivity index (χ1n) is 6.34. The maximum atomic E-state index is 11.9. The van der Waals surface area contributed by atoms with E-state index in [9.17, 15) is 10.1 Å². The van der Waals surface area contributed by atoms with E-state index in [0.717, 1.165) is 23.5 Å². The number of carbonyl (C=O) groups excluding carboxylic acids is 1. The van der Waals surface area contributed by atoms with Gasteiger partial charge in [-0.2, -0.15) is 5.26 Å². The van der Waals surface area contributed by atoms with Gasteiger partial charge in [0.1, 0.15) is 12.1 Å². The number of piperazine rings is 1. The van der Waals surface area contributed by atoms with Crippen molar-refractivity contribution >= 4 is 23.4 Å². The van der Waals surface area contributed by atoms with Crippen LogP contribution in [0.15, 0.2) is 23.1 Å². The first kappa shape index (κ1) is 13.8. The summed E-state index contributed by atoms with van der Waals surface area (Å²) in [7, 11) is 0. The third-order valence-electron chi connectivity index (χ3n) is 3.36. The van der Waals surface area contributed by atoms with E-state index in [-0.39, 0.29) is 11.9 Å². The van der Waals surface area contributed by atoms with Crippen LogP contribution < -0.4 is 10.2 Å². The lowest BCUT2D eigenvalue weighted by atomic mass is 10.1. The Bertz CT molecular complexity index is 524. The molecule has 1 atom stereocenters. The van der Waals surface area contributed by atoms with Crippen LogP contribution in [0.2, 0.25) is 0 Å². The maximum Gasteiger partial charge on any atom is 0.242 e. The summed E-state index contributed by atoms with van der Waals surface area (Å²) < 4.78 is 0. The molecule has 1 amide bonds. The highest BCUT2D eigenvalue weighted by Gasteiger charge is 2.29. The topological polar surface area (TPSA) is 56.1 Å². The normalized spacial score (nSPS) is 18.9.